The lowest BCUT2D eigenvalue weighted by Crippen LogP contribution is -2.16. The van der Waals surface area contributed by atoms with Crippen molar-refractivity contribution in [2.75, 3.05) is 12.4 Å². The van der Waals surface area contributed by atoms with Gasteiger partial charge in [0.25, 0.3) is 5.91 Å². The summed E-state index contributed by atoms with van der Waals surface area (Å²) in [4.78, 5) is 11.8. The Hall–Kier alpha value is -2.28. The highest BCUT2D eigenvalue weighted by Crippen LogP contribution is 2.28. The van der Waals surface area contributed by atoms with Crippen molar-refractivity contribution in [2.24, 2.45) is 0 Å². The van der Waals surface area contributed by atoms with E-state index in [0.29, 0.717) is 5.75 Å². The Kier molecular flexibility index (Phi) is 4.56. The van der Waals surface area contributed by atoms with Gasteiger partial charge >= 0.3 is 0 Å². The van der Waals surface area contributed by atoms with Crippen molar-refractivity contribution in [3.63, 3.8) is 0 Å². The minimum atomic E-state index is -2.06. The van der Waals surface area contributed by atoms with Crippen molar-refractivity contribution in [3.8, 4) is 5.75 Å². The molecule has 8 heteroatoms. The van der Waals surface area contributed by atoms with E-state index in [1.807, 2.05) is 0 Å². The molecule has 0 aliphatic carbocycles. The topological polar surface area (TPSA) is 38.3 Å². The number of amides is 1. The molecular formula is C14H8ClF4NO2. The smallest absolute Gasteiger partial charge is 0.258 e. The van der Waals surface area contributed by atoms with E-state index in [9.17, 15) is 22.4 Å². The van der Waals surface area contributed by atoms with Crippen LogP contribution in [0.4, 0.5) is 23.2 Å². The van der Waals surface area contributed by atoms with Gasteiger partial charge in [-0.1, -0.05) is 11.6 Å². The molecule has 2 aromatic carbocycles. The Labute approximate surface area is 127 Å². The zero-order valence-electron chi connectivity index (χ0n) is 11.0. The first-order valence-corrected chi connectivity index (χ1v) is 6.20. The summed E-state index contributed by atoms with van der Waals surface area (Å²) < 4.78 is 57.4. The molecule has 0 unspecified atom stereocenters. The third-order valence-corrected chi connectivity index (χ3v) is 3.05. The van der Waals surface area contributed by atoms with Crippen LogP contribution in [-0.4, -0.2) is 13.0 Å². The molecule has 0 bridgehead atoms. The molecule has 0 aliphatic rings. The van der Waals surface area contributed by atoms with Crippen LogP contribution in [0.15, 0.2) is 24.3 Å². The molecule has 116 valence electrons. The van der Waals surface area contributed by atoms with Crippen molar-refractivity contribution >= 4 is 23.2 Å². The SMILES string of the molecule is COc1ccc(NC(=O)c2cc(F)c(F)c(F)c2F)cc1Cl. The standard InChI is InChI=1S/C14H8ClF4NO2/c1-22-10-3-2-6(4-8(10)15)20-14(21)7-5-9(16)12(18)13(19)11(7)17/h2-5H,1H3,(H,20,21). The van der Waals surface area contributed by atoms with E-state index in [1.54, 1.807) is 0 Å². The predicted molar refractivity (Wildman–Crippen MR) is 72.2 cm³/mol. The van der Waals surface area contributed by atoms with Gasteiger partial charge in [0.1, 0.15) is 5.75 Å². The van der Waals surface area contributed by atoms with Crippen LogP contribution >= 0.6 is 11.6 Å². The van der Waals surface area contributed by atoms with Gasteiger partial charge in [0.2, 0.25) is 0 Å². The average Bonchev–Trinajstić information content (AvgIpc) is 2.49. The van der Waals surface area contributed by atoms with E-state index in [0.717, 1.165) is 0 Å². The molecule has 0 heterocycles. The minimum Gasteiger partial charge on any atom is -0.495 e. The molecule has 0 radical (unpaired) electrons. The second-order valence-electron chi connectivity index (χ2n) is 4.15. The van der Waals surface area contributed by atoms with Gasteiger partial charge in [-0.15, -0.1) is 0 Å². The molecule has 2 rings (SSSR count). The highest BCUT2D eigenvalue weighted by molar-refractivity contribution is 6.32. The zero-order valence-corrected chi connectivity index (χ0v) is 11.8. The maximum absolute atomic E-state index is 13.5. The lowest BCUT2D eigenvalue weighted by molar-refractivity contribution is 0.102. The number of hydrogen-bond acceptors (Lipinski definition) is 2. The maximum Gasteiger partial charge on any atom is 0.258 e. The first-order valence-electron chi connectivity index (χ1n) is 5.83. The summed E-state index contributed by atoms with van der Waals surface area (Å²) in [6, 6.07) is 4.39. The van der Waals surface area contributed by atoms with Crippen molar-refractivity contribution in [1.29, 1.82) is 0 Å². The van der Waals surface area contributed by atoms with E-state index >= 15 is 0 Å². The fourth-order valence-electron chi connectivity index (χ4n) is 1.68. The van der Waals surface area contributed by atoms with E-state index in [1.165, 1.54) is 25.3 Å². The number of ether oxygens (including phenoxy) is 1. The van der Waals surface area contributed by atoms with Gasteiger partial charge < -0.3 is 10.1 Å². The quantitative estimate of drug-likeness (QED) is 0.520. The normalized spacial score (nSPS) is 10.5. The van der Waals surface area contributed by atoms with Crippen LogP contribution in [0.5, 0.6) is 5.75 Å². The number of benzene rings is 2. The highest BCUT2D eigenvalue weighted by Gasteiger charge is 2.23. The summed E-state index contributed by atoms with van der Waals surface area (Å²) in [5.41, 5.74) is -0.830. The van der Waals surface area contributed by atoms with Gasteiger partial charge in [-0.25, -0.2) is 17.6 Å². The van der Waals surface area contributed by atoms with Gasteiger partial charge in [-0.3, -0.25) is 4.79 Å². The molecule has 2 aromatic rings. The minimum absolute atomic E-state index is 0.139. The second kappa shape index (κ2) is 6.23. The van der Waals surface area contributed by atoms with Gasteiger partial charge in [0.05, 0.1) is 17.7 Å². The predicted octanol–water partition coefficient (Wildman–Crippen LogP) is 4.16. The van der Waals surface area contributed by atoms with Crippen LogP contribution in [-0.2, 0) is 0 Å². The number of nitrogens with one attached hydrogen (secondary N) is 1. The van der Waals surface area contributed by atoms with Crippen molar-refractivity contribution in [1.82, 2.24) is 0 Å². The Morgan fingerprint density at radius 2 is 1.77 bits per heavy atom. The molecule has 0 spiro atoms. The van der Waals surface area contributed by atoms with Crippen LogP contribution in [0.3, 0.4) is 0 Å². The summed E-state index contributed by atoms with van der Waals surface area (Å²) in [5.74, 6) is -8.31. The van der Waals surface area contributed by atoms with Crippen LogP contribution in [0.1, 0.15) is 10.4 Å². The number of carbonyl (C=O) groups excluding carboxylic acids is 1. The number of anilines is 1. The van der Waals surface area contributed by atoms with E-state index < -0.39 is 34.7 Å². The molecular weight excluding hydrogens is 326 g/mol. The zero-order chi connectivity index (χ0) is 16.4. The molecule has 0 aliphatic heterocycles. The molecule has 0 saturated carbocycles. The Morgan fingerprint density at radius 1 is 1.09 bits per heavy atom. The van der Waals surface area contributed by atoms with Crippen molar-refractivity contribution in [3.05, 3.63) is 58.1 Å². The molecule has 0 saturated heterocycles. The van der Waals surface area contributed by atoms with Crippen LogP contribution < -0.4 is 10.1 Å². The number of carbonyl (C=O) groups is 1. The number of halogens is 5. The average molecular weight is 334 g/mol. The van der Waals surface area contributed by atoms with Gasteiger partial charge in [0.15, 0.2) is 23.3 Å². The first kappa shape index (κ1) is 16.1. The summed E-state index contributed by atoms with van der Waals surface area (Å²) in [6.07, 6.45) is 0. The van der Waals surface area contributed by atoms with E-state index in [-0.39, 0.29) is 16.8 Å². The highest BCUT2D eigenvalue weighted by atomic mass is 35.5. The fraction of sp³-hybridized carbons (Fsp3) is 0.0714. The van der Waals surface area contributed by atoms with Crippen LogP contribution in [0, 0.1) is 23.3 Å². The number of methoxy groups -OCH3 is 1. The Balaban J connectivity index is 2.32. The fourth-order valence-corrected chi connectivity index (χ4v) is 1.94. The molecule has 0 aromatic heterocycles. The van der Waals surface area contributed by atoms with Crippen molar-refractivity contribution < 1.29 is 27.1 Å². The lowest BCUT2D eigenvalue weighted by Gasteiger charge is -2.09. The first-order chi connectivity index (χ1) is 10.3. The monoisotopic (exact) mass is 333 g/mol. The summed E-state index contributed by atoms with van der Waals surface area (Å²) >= 11 is 5.84. The summed E-state index contributed by atoms with van der Waals surface area (Å²) in [5, 5.41) is 2.35. The second-order valence-corrected chi connectivity index (χ2v) is 4.56. The van der Waals surface area contributed by atoms with Crippen molar-refractivity contribution in [2.45, 2.75) is 0 Å². The molecule has 0 fully saturated rings. The largest absolute Gasteiger partial charge is 0.495 e. The van der Waals surface area contributed by atoms with Gasteiger partial charge in [-0.2, -0.15) is 0 Å². The third-order valence-electron chi connectivity index (χ3n) is 2.76. The lowest BCUT2D eigenvalue weighted by atomic mass is 10.1. The van der Waals surface area contributed by atoms with Crippen LogP contribution in [0.2, 0.25) is 5.02 Å². The van der Waals surface area contributed by atoms with E-state index in [2.05, 4.69) is 5.32 Å². The Morgan fingerprint density at radius 3 is 2.36 bits per heavy atom. The summed E-state index contributed by atoms with van der Waals surface area (Å²) in [6.45, 7) is 0. The molecule has 1 amide bonds. The molecule has 3 nitrogen and oxygen atoms in total. The number of rotatable bonds is 3. The molecule has 22 heavy (non-hydrogen) atoms. The summed E-state index contributed by atoms with van der Waals surface area (Å²) in [7, 11) is 1.39. The van der Waals surface area contributed by atoms with E-state index in [4.69, 9.17) is 16.3 Å². The Bertz CT molecular complexity index is 752. The maximum atomic E-state index is 13.5. The van der Waals surface area contributed by atoms with Gasteiger partial charge in [0, 0.05) is 5.69 Å². The molecule has 0 atom stereocenters. The van der Waals surface area contributed by atoms with Crippen LogP contribution in [0.25, 0.3) is 0 Å². The third kappa shape index (κ3) is 2.99. The van der Waals surface area contributed by atoms with Gasteiger partial charge in [-0.05, 0) is 24.3 Å². The molecule has 1 N–H and O–H groups in total. The number of hydrogen-bond donors (Lipinski definition) is 1.